The van der Waals surface area contributed by atoms with E-state index >= 15 is 0 Å². The molecule has 26 nitrogen and oxygen atoms in total. The van der Waals surface area contributed by atoms with E-state index in [1.54, 1.807) is 0 Å². The summed E-state index contributed by atoms with van der Waals surface area (Å²) < 4.78 is 34.6. The van der Waals surface area contributed by atoms with Crippen molar-refractivity contribution in [2.24, 2.45) is 0 Å². The van der Waals surface area contributed by atoms with Crippen LogP contribution in [0.5, 0.6) is 0 Å². The Kier molecular flexibility index (Phi) is 18.5. The summed E-state index contributed by atoms with van der Waals surface area (Å²) in [6, 6.07) is -7.19. The standard InChI is InChI=1S/C32H54N4O22/c1-9(41)33-17(29(51)52)23(48)26(13(45)5-37)56-31-19(35-11(3)43)24(49)28(15(7-39)54-31)58-32-20(36-12(4)44)25(50)27(16(8-40)55-32)57-30-18(34-10(2)42)22(47)21(46)14(6-38)53-30/h13-28,30-32,37-40,45-50H,5-8H2,1-4H3,(H,33,41)(H,34,42)(H,35,43)(H,36,44)(H,51,52)/p-1/t13-,14-,15-,16-,17-,18-,19-,20-,21-,22-,23-,24-,25-,26-,27-,28-,30+,31+,32+/m1/s1. The molecule has 3 aliphatic heterocycles. The number of carbonyl (C=O) groups excluding carboxylic acids is 5. The molecule has 58 heavy (non-hydrogen) atoms. The first kappa shape index (κ1) is 49.1. The zero-order valence-electron chi connectivity index (χ0n) is 31.7. The summed E-state index contributed by atoms with van der Waals surface area (Å²) in [5.41, 5.74) is 0. The molecule has 334 valence electrons. The third-order valence-electron chi connectivity index (χ3n) is 9.43. The van der Waals surface area contributed by atoms with Crippen molar-refractivity contribution >= 4 is 29.6 Å². The Bertz CT molecular complexity index is 1400. The smallest absolute Gasteiger partial charge is 0.217 e. The fraction of sp³-hybridized carbons (Fsp3) is 0.844. The number of amides is 4. The largest absolute Gasteiger partial charge is 0.548 e. The second kappa shape index (κ2) is 21.8. The summed E-state index contributed by atoms with van der Waals surface area (Å²) in [4.78, 5) is 60.0. The number of hydrogen-bond acceptors (Lipinski definition) is 22. The Balaban J connectivity index is 1.96. The van der Waals surface area contributed by atoms with Crippen LogP contribution < -0.4 is 26.4 Å². The highest BCUT2D eigenvalue weighted by Crippen LogP contribution is 2.33. The van der Waals surface area contributed by atoms with Crippen molar-refractivity contribution in [3.63, 3.8) is 0 Å². The van der Waals surface area contributed by atoms with Crippen molar-refractivity contribution in [2.75, 3.05) is 26.4 Å². The van der Waals surface area contributed by atoms with E-state index in [9.17, 15) is 80.1 Å². The van der Waals surface area contributed by atoms with Gasteiger partial charge in [-0.1, -0.05) is 0 Å². The van der Waals surface area contributed by atoms with Gasteiger partial charge in [0.05, 0.1) is 38.4 Å². The van der Waals surface area contributed by atoms with Gasteiger partial charge >= 0.3 is 0 Å². The number of aliphatic carboxylic acids is 1. The molecule has 4 amide bonds. The van der Waals surface area contributed by atoms with Crippen LogP contribution >= 0.6 is 0 Å². The summed E-state index contributed by atoms with van der Waals surface area (Å²) in [5.74, 6) is -5.34. The Morgan fingerprint density at radius 1 is 0.603 bits per heavy atom. The predicted molar refractivity (Wildman–Crippen MR) is 180 cm³/mol. The fourth-order valence-electron chi connectivity index (χ4n) is 6.73. The first-order valence-electron chi connectivity index (χ1n) is 17.9. The quantitative estimate of drug-likeness (QED) is 0.0609. The van der Waals surface area contributed by atoms with E-state index in [-0.39, 0.29) is 0 Å². The Morgan fingerprint density at radius 3 is 1.38 bits per heavy atom. The monoisotopic (exact) mass is 845 g/mol. The van der Waals surface area contributed by atoms with Crippen molar-refractivity contribution in [1.82, 2.24) is 21.3 Å². The second-order valence-electron chi connectivity index (χ2n) is 13.9. The highest BCUT2D eigenvalue weighted by atomic mass is 16.8. The fourth-order valence-corrected chi connectivity index (χ4v) is 6.73. The van der Waals surface area contributed by atoms with Gasteiger partial charge in [0.2, 0.25) is 23.6 Å². The van der Waals surface area contributed by atoms with Gasteiger partial charge in [0.15, 0.2) is 18.9 Å². The van der Waals surface area contributed by atoms with Gasteiger partial charge in [-0.05, 0) is 0 Å². The van der Waals surface area contributed by atoms with Crippen LogP contribution in [0.2, 0.25) is 0 Å². The summed E-state index contributed by atoms with van der Waals surface area (Å²) in [7, 11) is 0. The van der Waals surface area contributed by atoms with Gasteiger partial charge < -0.3 is 111 Å². The third kappa shape index (κ3) is 11.9. The SMILES string of the molecule is CC(=O)N[C@H]1[C@H](O[C@@H]([C@H](O)[C@@H](NC(C)=O)C(=O)[O-])[C@H](O)CO)O[C@H](CO)[C@@H](O[C@@H]2O[C@H](CO)[C@@H](O[C@@H]3O[C@H](CO)[C@@H](O)[C@H](O)[C@H]3NC(C)=O)[C@H](O)[C@H]2NC(C)=O)[C@@H]1O. The van der Waals surface area contributed by atoms with Crippen LogP contribution in [0.15, 0.2) is 0 Å². The Labute approximate surface area is 329 Å². The van der Waals surface area contributed by atoms with Crippen molar-refractivity contribution < 1.29 is 109 Å². The number of hydrogen-bond donors (Lipinski definition) is 14. The van der Waals surface area contributed by atoms with Crippen LogP contribution in [-0.2, 0) is 52.4 Å². The number of nitrogens with one attached hydrogen (secondary N) is 4. The van der Waals surface area contributed by atoms with Gasteiger partial charge in [-0.25, -0.2) is 0 Å². The van der Waals surface area contributed by atoms with E-state index in [1.807, 2.05) is 5.32 Å². The van der Waals surface area contributed by atoms with Gasteiger partial charge in [-0.2, -0.15) is 0 Å². The minimum atomic E-state index is -2.37. The van der Waals surface area contributed by atoms with Crippen LogP contribution in [-0.4, -0.2) is 223 Å². The average molecular weight is 846 g/mol. The number of carbonyl (C=O) groups is 5. The van der Waals surface area contributed by atoms with E-state index in [1.165, 1.54) is 0 Å². The normalized spacial score (nSPS) is 37.4. The molecule has 14 N–H and O–H groups in total. The predicted octanol–water partition coefficient (Wildman–Crippen LogP) is -10.8. The van der Waals surface area contributed by atoms with Gasteiger partial charge in [0.1, 0.15) is 91.4 Å². The van der Waals surface area contributed by atoms with Crippen molar-refractivity contribution in [1.29, 1.82) is 0 Å². The number of aliphatic hydroxyl groups is 10. The lowest BCUT2D eigenvalue weighted by molar-refractivity contribution is -0.357. The number of carboxylic acids is 1. The van der Waals surface area contributed by atoms with E-state index < -0.39 is 172 Å². The maximum absolute atomic E-state index is 12.4. The molecule has 3 fully saturated rings. The first-order valence-corrected chi connectivity index (χ1v) is 17.9. The van der Waals surface area contributed by atoms with Crippen molar-refractivity contribution in [3.8, 4) is 0 Å². The van der Waals surface area contributed by atoms with E-state index in [0.29, 0.717) is 0 Å². The molecule has 3 aliphatic rings. The topological polar surface area (TPSA) is 414 Å². The summed E-state index contributed by atoms with van der Waals surface area (Å²) in [5, 5.41) is 126. The van der Waals surface area contributed by atoms with Crippen molar-refractivity contribution in [2.45, 2.75) is 144 Å². The zero-order chi connectivity index (χ0) is 43.8. The minimum Gasteiger partial charge on any atom is -0.548 e. The number of ether oxygens (including phenoxy) is 6. The summed E-state index contributed by atoms with van der Waals surface area (Å²) >= 11 is 0. The third-order valence-corrected chi connectivity index (χ3v) is 9.43. The number of aliphatic hydroxyl groups excluding tert-OH is 10. The molecule has 3 heterocycles. The molecular weight excluding hydrogens is 792 g/mol. The van der Waals surface area contributed by atoms with Gasteiger partial charge in [0.25, 0.3) is 0 Å². The molecule has 26 heteroatoms. The highest BCUT2D eigenvalue weighted by molar-refractivity contribution is 5.81. The first-order chi connectivity index (χ1) is 27.2. The van der Waals surface area contributed by atoms with E-state index in [2.05, 4.69) is 16.0 Å². The molecule has 0 saturated carbocycles. The lowest BCUT2D eigenvalue weighted by atomic mass is 9.93. The molecule has 3 saturated heterocycles. The molecule has 0 aromatic rings. The van der Waals surface area contributed by atoms with Crippen LogP contribution in [0.4, 0.5) is 0 Å². The summed E-state index contributed by atoms with van der Waals surface area (Å²) in [6.45, 7) is 0.0247. The molecule has 3 rings (SSSR count). The average Bonchev–Trinajstić information content (AvgIpc) is 3.15. The molecule has 0 aromatic carbocycles. The molecule has 0 unspecified atom stereocenters. The number of rotatable bonds is 18. The molecule has 0 aliphatic carbocycles. The highest BCUT2D eigenvalue weighted by Gasteiger charge is 2.55. The number of carboxylic acid groups (broad SMARTS) is 1. The van der Waals surface area contributed by atoms with Gasteiger partial charge in [0, 0.05) is 27.7 Å². The van der Waals surface area contributed by atoms with Crippen molar-refractivity contribution in [3.05, 3.63) is 0 Å². The maximum Gasteiger partial charge on any atom is 0.217 e. The second-order valence-corrected chi connectivity index (χ2v) is 13.9. The van der Waals surface area contributed by atoms with E-state index in [4.69, 9.17) is 28.4 Å². The Hall–Kier alpha value is -3.29. The van der Waals surface area contributed by atoms with Crippen LogP contribution in [0.3, 0.4) is 0 Å². The van der Waals surface area contributed by atoms with Gasteiger partial charge in [-0.3, -0.25) is 19.2 Å². The molecule has 0 spiro atoms. The van der Waals surface area contributed by atoms with Crippen LogP contribution in [0.25, 0.3) is 0 Å². The van der Waals surface area contributed by atoms with Crippen LogP contribution in [0.1, 0.15) is 27.7 Å². The maximum atomic E-state index is 12.4. The lowest BCUT2D eigenvalue weighted by Gasteiger charge is -2.50. The van der Waals surface area contributed by atoms with Gasteiger partial charge in [-0.15, -0.1) is 0 Å². The lowest BCUT2D eigenvalue weighted by Crippen LogP contribution is -2.71. The molecule has 0 bridgehead atoms. The Morgan fingerprint density at radius 2 is 1.00 bits per heavy atom. The van der Waals surface area contributed by atoms with Crippen LogP contribution in [0, 0.1) is 0 Å². The molecule has 19 atom stereocenters. The van der Waals surface area contributed by atoms with E-state index in [0.717, 1.165) is 27.7 Å². The molecular formula is C32H53N4O22-. The molecule has 0 radical (unpaired) electrons. The zero-order valence-corrected chi connectivity index (χ0v) is 31.7. The summed E-state index contributed by atoms with van der Waals surface area (Å²) in [6.07, 6.45) is -27.9. The minimum absolute atomic E-state index is 0.709. The molecule has 0 aromatic heterocycles.